The van der Waals surface area contributed by atoms with Crippen LogP contribution in [0.5, 0.6) is 0 Å². The molecule has 1 aromatic carbocycles. The van der Waals surface area contributed by atoms with E-state index < -0.39 is 10.0 Å². The summed E-state index contributed by atoms with van der Waals surface area (Å²) >= 11 is 7.55. The lowest BCUT2D eigenvalue weighted by Gasteiger charge is -2.15. The molecule has 21 heavy (non-hydrogen) atoms. The van der Waals surface area contributed by atoms with Gasteiger partial charge in [0.25, 0.3) is 0 Å². The van der Waals surface area contributed by atoms with Crippen molar-refractivity contribution >= 4 is 33.4 Å². The summed E-state index contributed by atoms with van der Waals surface area (Å²) in [6, 6.07) is 8.83. The number of benzene rings is 1. The Morgan fingerprint density at radius 3 is 2.48 bits per heavy atom. The van der Waals surface area contributed by atoms with E-state index in [1.807, 2.05) is 30.5 Å². The standard InChI is InChI=1S/C14H15ClN2O2S2/c1-10(11-3-5-12(20-2)6-4-11)17-21(18,19)14-9-16-8-7-13(14)15/h3-10,17H,1-2H3. The molecule has 0 radical (unpaired) electrons. The van der Waals surface area contributed by atoms with E-state index in [0.717, 1.165) is 10.5 Å². The smallest absolute Gasteiger partial charge is 0.244 e. The van der Waals surface area contributed by atoms with Gasteiger partial charge in [0.2, 0.25) is 10.0 Å². The molecule has 1 heterocycles. The first kappa shape index (κ1) is 16.3. The number of halogens is 1. The van der Waals surface area contributed by atoms with Crippen molar-refractivity contribution in [1.82, 2.24) is 9.71 Å². The van der Waals surface area contributed by atoms with Gasteiger partial charge in [-0.3, -0.25) is 4.98 Å². The molecular formula is C14H15ClN2O2S2. The van der Waals surface area contributed by atoms with Gasteiger partial charge in [0.05, 0.1) is 5.02 Å². The Kier molecular flexibility index (Phi) is 5.27. The van der Waals surface area contributed by atoms with Gasteiger partial charge in [-0.15, -0.1) is 11.8 Å². The first-order valence-electron chi connectivity index (χ1n) is 6.20. The number of sulfonamides is 1. The average molecular weight is 343 g/mol. The molecule has 0 fully saturated rings. The largest absolute Gasteiger partial charge is 0.263 e. The minimum absolute atomic E-state index is 0.0146. The Labute approximate surface area is 134 Å². The van der Waals surface area contributed by atoms with Gasteiger partial charge in [-0.2, -0.15) is 0 Å². The van der Waals surface area contributed by atoms with Crippen molar-refractivity contribution in [3.05, 3.63) is 53.3 Å². The minimum Gasteiger partial charge on any atom is -0.263 e. The van der Waals surface area contributed by atoms with Gasteiger partial charge in [0.15, 0.2) is 0 Å². The van der Waals surface area contributed by atoms with E-state index in [4.69, 9.17) is 11.6 Å². The van der Waals surface area contributed by atoms with Gasteiger partial charge in [-0.25, -0.2) is 13.1 Å². The first-order valence-corrected chi connectivity index (χ1v) is 9.28. The molecule has 0 aliphatic carbocycles. The Bertz CT molecular complexity index is 718. The molecule has 0 bridgehead atoms. The third-order valence-electron chi connectivity index (χ3n) is 2.97. The van der Waals surface area contributed by atoms with E-state index in [1.165, 1.54) is 18.5 Å². The van der Waals surface area contributed by atoms with Crippen molar-refractivity contribution in [1.29, 1.82) is 0 Å². The highest BCUT2D eigenvalue weighted by Crippen LogP contribution is 2.23. The monoisotopic (exact) mass is 342 g/mol. The molecule has 1 N–H and O–H groups in total. The van der Waals surface area contributed by atoms with Crippen molar-refractivity contribution in [2.24, 2.45) is 0 Å². The molecule has 0 saturated heterocycles. The molecule has 1 aromatic heterocycles. The van der Waals surface area contributed by atoms with Gasteiger partial charge >= 0.3 is 0 Å². The molecule has 1 atom stereocenters. The second-order valence-electron chi connectivity index (χ2n) is 4.42. The summed E-state index contributed by atoms with van der Waals surface area (Å²) in [4.78, 5) is 4.92. The maximum absolute atomic E-state index is 12.3. The lowest BCUT2D eigenvalue weighted by molar-refractivity contribution is 0.566. The Balaban J connectivity index is 2.21. The van der Waals surface area contributed by atoms with E-state index in [0.29, 0.717) is 0 Å². The molecule has 0 aliphatic heterocycles. The molecule has 7 heteroatoms. The third-order valence-corrected chi connectivity index (χ3v) is 5.72. The zero-order valence-corrected chi connectivity index (χ0v) is 14.0. The lowest BCUT2D eigenvalue weighted by Crippen LogP contribution is -2.27. The number of hydrogen-bond donors (Lipinski definition) is 1. The van der Waals surface area contributed by atoms with Gasteiger partial charge < -0.3 is 0 Å². The summed E-state index contributed by atoms with van der Waals surface area (Å²) in [5, 5.41) is 0.155. The van der Waals surface area contributed by atoms with E-state index in [-0.39, 0.29) is 16.0 Å². The fourth-order valence-electron chi connectivity index (χ4n) is 1.82. The van der Waals surface area contributed by atoms with E-state index in [2.05, 4.69) is 9.71 Å². The maximum Gasteiger partial charge on any atom is 0.244 e. The van der Waals surface area contributed by atoms with Crippen molar-refractivity contribution in [2.45, 2.75) is 22.8 Å². The van der Waals surface area contributed by atoms with Crippen molar-refractivity contribution in [3.63, 3.8) is 0 Å². The van der Waals surface area contributed by atoms with E-state index in [1.54, 1.807) is 18.7 Å². The number of rotatable bonds is 5. The van der Waals surface area contributed by atoms with E-state index >= 15 is 0 Å². The highest BCUT2D eigenvalue weighted by Gasteiger charge is 2.21. The van der Waals surface area contributed by atoms with Gasteiger partial charge in [0, 0.05) is 23.3 Å². The summed E-state index contributed by atoms with van der Waals surface area (Å²) in [5.74, 6) is 0. The molecule has 4 nitrogen and oxygen atoms in total. The summed E-state index contributed by atoms with van der Waals surface area (Å²) in [6.45, 7) is 1.79. The second-order valence-corrected chi connectivity index (χ2v) is 7.39. The fraction of sp³-hybridized carbons (Fsp3) is 0.214. The van der Waals surface area contributed by atoms with Crippen LogP contribution < -0.4 is 4.72 Å². The van der Waals surface area contributed by atoms with Crippen LogP contribution in [0.25, 0.3) is 0 Å². The Morgan fingerprint density at radius 1 is 1.24 bits per heavy atom. The first-order chi connectivity index (χ1) is 9.94. The van der Waals surface area contributed by atoms with Crippen LogP contribution >= 0.6 is 23.4 Å². The number of aromatic nitrogens is 1. The predicted octanol–water partition coefficient (Wildman–Crippen LogP) is 3.50. The SMILES string of the molecule is CSc1ccc(C(C)NS(=O)(=O)c2cnccc2Cl)cc1. The number of nitrogens with one attached hydrogen (secondary N) is 1. The van der Waals surface area contributed by atoms with Gasteiger partial charge in [-0.1, -0.05) is 23.7 Å². The van der Waals surface area contributed by atoms with Crippen molar-refractivity contribution < 1.29 is 8.42 Å². The summed E-state index contributed by atoms with van der Waals surface area (Å²) in [5.41, 5.74) is 0.886. The Morgan fingerprint density at radius 2 is 1.90 bits per heavy atom. The normalized spacial score (nSPS) is 13.1. The van der Waals surface area contributed by atoms with Crippen LogP contribution in [0, 0.1) is 0 Å². The predicted molar refractivity (Wildman–Crippen MR) is 86.2 cm³/mol. The number of thioether (sulfide) groups is 1. The van der Waals surface area contributed by atoms with Crippen LogP contribution in [0.2, 0.25) is 5.02 Å². The van der Waals surface area contributed by atoms with Gasteiger partial charge in [-0.05, 0) is 36.9 Å². The maximum atomic E-state index is 12.3. The topological polar surface area (TPSA) is 59.1 Å². The molecule has 0 saturated carbocycles. The van der Waals surface area contributed by atoms with Crippen LogP contribution in [0.3, 0.4) is 0 Å². The summed E-state index contributed by atoms with van der Waals surface area (Å²) < 4.78 is 27.2. The molecule has 2 aromatic rings. The van der Waals surface area contributed by atoms with Crippen LogP contribution in [0.15, 0.2) is 52.5 Å². The highest BCUT2D eigenvalue weighted by atomic mass is 35.5. The fourth-order valence-corrected chi connectivity index (χ4v) is 3.89. The quantitative estimate of drug-likeness (QED) is 0.845. The zero-order chi connectivity index (χ0) is 15.5. The molecule has 1 unspecified atom stereocenters. The molecule has 0 spiro atoms. The summed E-state index contributed by atoms with van der Waals surface area (Å²) in [7, 11) is -3.70. The van der Waals surface area contributed by atoms with E-state index in [9.17, 15) is 8.42 Å². The van der Waals surface area contributed by atoms with Crippen LogP contribution in [0.4, 0.5) is 0 Å². The molecule has 2 rings (SSSR count). The number of nitrogens with zero attached hydrogens (tertiary/aromatic N) is 1. The van der Waals surface area contributed by atoms with Crippen LogP contribution in [-0.4, -0.2) is 19.7 Å². The number of pyridine rings is 1. The highest BCUT2D eigenvalue weighted by molar-refractivity contribution is 7.98. The number of hydrogen-bond acceptors (Lipinski definition) is 4. The van der Waals surface area contributed by atoms with Crippen LogP contribution in [-0.2, 0) is 10.0 Å². The third kappa shape index (κ3) is 3.97. The van der Waals surface area contributed by atoms with Crippen molar-refractivity contribution in [3.8, 4) is 0 Å². The minimum atomic E-state index is -3.70. The van der Waals surface area contributed by atoms with Crippen molar-refractivity contribution in [2.75, 3.05) is 6.26 Å². The average Bonchev–Trinajstić information content (AvgIpc) is 2.47. The molecule has 112 valence electrons. The zero-order valence-electron chi connectivity index (χ0n) is 11.6. The summed E-state index contributed by atoms with van der Waals surface area (Å²) in [6.07, 6.45) is 4.69. The molecular weight excluding hydrogens is 328 g/mol. The second kappa shape index (κ2) is 6.79. The molecule has 0 amide bonds. The van der Waals surface area contributed by atoms with Crippen LogP contribution in [0.1, 0.15) is 18.5 Å². The molecule has 0 aliphatic rings. The lowest BCUT2D eigenvalue weighted by atomic mass is 10.1. The van der Waals surface area contributed by atoms with Gasteiger partial charge in [0.1, 0.15) is 4.90 Å². The Hall–Kier alpha value is -1.08.